The van der Waals surface area contributed by atoms with Gasteiger partial charge in [0, 0.05) is 17.3 Å². The van der Waals surface area contributed by atoms with E-state index >= 15 is 0 Å². The van der Waals surface area contributed by atoms with Crippen LogP contribution in [0.15, 0.2) is 18.2 Å². The molecule has 0 spiro atoms. The lowest BCUT2D eigenvalue weighted by Gasteiger charge is -2.22. The molecule has 3 rings (SSSR count). The molecule has 6 heteroatoms. The first kappa shape index (κ1) is 15.0. The monoisotopic (exact) mass is 326 g/mol. The highest BCUT2D eigenvalue weighted by Gasteiger charge is 2.32. The van der Waals surface area contributed by atoms with Crippen molar-refractivity contribution >= 4 is 29.4 Å². The molecule has 2 aliphatic rings. The van der Waals surface area contributed by atoms with Gasteiger partial charge >= 0.3 is 6.03 Å². The number of thioether (sulfide) groups is 1. The minimum absolute atomic E-state index is 0.0323. The molecule has 1 aromatic rings. The van der Waals surface area contributed by atoms with Crippen LogP contribution in [-0.2, 0) is 6.42 Å². The molecule has 1 aromatic carbocycles. The molecule has 114 valence electrons. The van der Waals surface area contributed by atoms with E-state index in [0.29, 0.717) is 12.3 Å². The van der Waals surface area contributed by atoms with Crippen LogP contribution in [0.25, 0.3) is 0 Å². The van der Waals surface area contributed by atoms with Gasteiger partial charge in [-0.3, -0.25) is 0 Å². The molecule has 1 fully saturated rings. The van der Waals surface area contributed by atoms with E-state index in [1.807, 2.05) is 18.2 Å². The molecule has 0 saturated carbocycles. The average molecular weight is 327 g/mol. The highest BCUT2D eigenvalue weighted by atomic mass is 35.5. The Balaban J connectivity index is 1.54. The van der Waals surface area contributed by atoms with Gasteiger partial charge in [-0.2, -0.15) is 11.8 Å². The summed E-state index contributed by atoms with van der Waals surface area (Å²) in [5, 5.41) is 16.7. The lowest BCUT2D eigenvalue weighted by atomic mass is 10.0. The van der Waals surface area contributed by atoms with Crippen LogP contribution in [0.5, 0.6) is 0 Å². The Bertz CT molecular complexity index is 546. The zero-order valence-electron chi connectivity index (χ0n) is 11.7. The SMILES string of the molecule is O=C(NC[C@]1(O)CCSC1)N[C@H]1CCc2cc(Cl)ccc21. The summed E-state index contributed by atoms with van der Waals surface area (Å²) in [5.41, 5.74) is 1.60. The standard InChI is InChI=1S/C15H19ClN2O2S/c16-11-2-3-12-10(7-11)1-4-13(12)18-14(19)17-8-15(20)5-6-21-9-15/h2-3,7,13,20H,1,4-6,8-9H2,(H2,17,18,19)/t13-,15+/m0/s1. The highest BCUT2D eigenvalue weighted by molar-refractivity contribution is 7.99. The summed E-state index contributed by atoms with van der Waals surface area (Å²) in [4.78, 5) is 12.0. The summed E-state index contributed by atoms with van der Waals surface area (Å²) >= 11 is 7.71. The van der Waals surface area contributed by atoms with Crippen LogP contribution in [0.3, 0.4) is 0 Å². The topological polar surface area (TPSA) is 61.4 Å². The smallest absolute Gasteiger partial charge is 0.315 e. The maximum Gasteiger partial charge on any atom is 0.315 e. The zero-order valence-corrected chi connectivity index (χ0v) is 13.3. The van der Waals surface area contributed by atoms with Crippen molar-refractivity contribution in [2.24, 2.45) is 0 Å². The van der Waals surface area contributed by atoms with Crippen LogP contribution < -0.4 is 10.6 Å². The van der Waals surface area contributed by atoms with Crippen LogP contribution in [0.2, 0.25) is 5.02 Å². The maximum atomic E-state index is 12.0. The lowest BCUT2D eigenvalue weighted by Crippen LogP contribution is -2.47. The van der Waals surface area contributed by atoms with Crippen LogP contribution in [-0.4, -0.2) is 34.8 Å². The number of carbonyl (C=O) groups excluding carboxylic acids is 1. The number of benzene rings is 1. The first-order valence-corrected chi connectivity index (χ1v) is 8.72. The second kappa shape index (κ2) is 6.07. The van der Waals surface area contributed by atoms with Crippen LogP contribution in [0, 0.1) is 0 Å². The van der Waals surface area contributed by atoms with E-state index in [1.54, 1.807) is 11.8 Å². The lowest BCUT2D eigenvalue weighted by molar-refractivity contribution is 0.0698. The fraction of sp³-hybridized carbons (Fsp3) is 0.533. The highest BCUT2D eigenvalue weighted by Crippen LogP contribution is 2.32. The minimum Gasteiger partial charge on any atom is -0.387 e. The third-order valence-electron chi connectivity index (χ3n) is 4.15. The maximum absolute atomic E-state index is 12.0. The van der Waals surface area contributed by atoms with E-state index in [-0.39, 0.29) is 12.1 Å². The van der Waals surface area contributed by atoms with Crippen molar-refractivity contribution in [3.8, 4) is 0 Å². The Morgan fingerprint density at radius 3 is 3.14 bits per heavy atom. The number of aryl methyl sites for hydroxylation is 1. The van der Waals surface area contributed by atoms with Gasteiger partial charge in [-0.05, 0) is 48.3 Å². The number of halogens is 1. The fourth-order valence-corrected chi connectivity index (χ4v) is 4.42. The van der Waals surface area contributed by atoms with Crippen LogP contribution in [0.1, 0.15) is 30.0 Å². The summed E-state index contributed by atoms with van der Waals surface area (Å²) < 4.78 is 0. The molecule has 0 aromatic heterocycles. The van der Waals surface area contributed by atoms with E-state index in [1.165, 1.54) is 5.56 Å². The molecule has 2 amide bonds. The molecular weight excluding hydrogens is 308 g/mol. The summed E-state index contributed by atoms with van der Waals surface area (Å²) in [6.45, 7) is 0.312. The van der Waals surface area contributed by atoms with E-state index in [4.69, 9.17) is 11.6 Å². The molecule has 0 radical (unpaired) electrons. The van der Waals surface area contributed by atoms with Crippen molar-refractivity contribution in [1.82, 2.24) is 10.6 Å². The van der Waals surface area contributed by atoms with Crippen molar-refractivity contribution < 1.29 is 9.90 Å². The van der Waals surface area contributed by atoms with Gasteiger partial charge in [0.2, 0.25) is 0 Å². The number of urea groups is 1. The minimum atomic E-state index is -0.747. The third kappa shape index (κ3) is 3.47. The van der Waals surface area contributed by atoms with E-state index in [9.17, 15) is 9.90 Å². The largest absolute Gasteiger partial charge is 0.387 e. The van der Waals surface area contributed by atoms with Crippen molar-refractivity contribution in [2.75, 3.05) is 18.1 Å². The number of hydrogen-bond acceptors (Lipinski definition) is 3. The molecular formula is C15H19ClN2O2S. The first-order chi connectivity index (χ1) is 10.1. The average Bonchev–Trinajstić information content (AvgIpc) is 3.04. The molecule has 0 unspecified atom stereocenters. The normalized spacial score (nSPS) is 27.4. The molecule has 0 bridgehead atoms. The Labute approximate surface area is 133 Å². The van der Waals surface area contributed by atoms with E-state index in [2.05, 4.69) is 10.6 Å². The molecule has 1 aliphatic carbocycles. The Morgan fingerprint density at radius 1 is 1.52 bits per heavy atom. The molecule has 21 heavy (non-hydrogen) atoms. The predicted molar refractivity (Wildman–Crippen MR) is 85.9 cm³/mol. The van der Waals surface area contributed by atoms with E-state index < -0.39 is 5.60 Å². The molecule has 1 heterocycles. The first-order valence-electron chi connectivity index (χ1n) is 7.19. The Kier molecular flexibility index (Phi) is 4.33. The van der Waals surface area contributed by atoms with Gasteiger partial charge < -0.3 is 15.7 Å². The zero-order chi connectivity index (χ0) is 14.9. The van der Waals surface area contributed by atoms with Gasteiger partial charge in [0.05, 0.1) is 11.6 Å². The number of amides is 2. The number of aliphatic hydroxyl groups is 1. The van der Waals surface area contributed by atoms with Crippen molar-refractivity contribution in [2.45, 2.75) is 30.9 Å². The molecule has 3 N–H and O–H groups in total. The summed E-state index contributed by atoms with van der Waals surface area (Å²) in [5.74, 6) is 1.65. The number of hydrogen-bond donors (Lipinski definition) is 3. The quantitative estimate of drug-likeness (QED) is 0.799. The van der Waals surface area contributed by atoms with Gasteiger partial charge in [-0.15, -0.1) is 0 Å². The van der Waals surface area contributed by atoms with Gasteiger partial charge in [-0.25, -0.2) is 4.79 Å². The summed E-state index contributed by atoms with van der Waals surface area (Å²) in [7, 11) is 0. The van der Waals surface area contributed by atoms with Gasteiger partial charge in [0.1, 0.15) is 0 Å². The number of nitrogens with one attached hydrogen (secondary N) is 2. The van der Waals surface area contributed by atoms with Crippen LogP contribution >= 0.6 is 23.4 Å². The fourth-order valence-electron chi connectivity index (χ4n) is 2.93. The van der Waals surface area contributed by atoms with Gasteiger partial charge in [-0.1, -0.05) is 17.7 Å². The number of carbonyl (C=O) groups is 1. The Morgan fingerprint density at radius 2 is 2.38 bits per heavy atom. The molecule has 2 atom stereocenters. The van der Waals surface area contributed by atoms with E-state index in [0.717, 1.165) is 35.6 Å². The molecule has 4 nitrogen and oxygen atoms in total. The van der Waals surface area contributed by atoms with Crippen molar-refractivity contribution in [1.29, 1.82) is 0 Å². The van der Waals surface area contributed by atoms with Crippen molar-refractivity contribution in [3.05, 3.63) is 34.3 Å². The molecule has 1 aliphatic heterocycles. The Hall–Kier alpha value is -0.910. The second-order valence-electron chi connectivity index (χ2n) is 5.79. The number of rotatable bonds is 3. The van der Waals surface area contributed by atoms with Crippen molar-refractivity contribution in [3.63, 3.8) is 0 Å². The molecule has 1 saturated heterocycles. The summed E-state index contributed by atoms with van der Waals surface area (Å²) in [6.07, 6.45) is 2.56. The third-order valence-corrected chi connectivity index (χ3v) is 5.62. The second-order valence-corrected chi connectivity index (χ2v) is 7.33. The number of fused-ring (bicyclic) bond motifs is 1. The summed E-state index contributed by atoms with van der Waals surface area (Å²) in [6, 6.07) is 5.63. The van der Waals surface area contributed by atoms with Gasteiger partial charge in [0.15, 0.2) is 0 Å². The van der Waals surface area contributed by atoms with Crippen LogP contribution in [0.4, 0.5) is 4.79 Å². The predicted octanol–water partition coefficient (Wildman–Crippen LogP) is 2.49. The van der Waals surface area contributed by atoms with Gasteiger partial charge in [0.25, 0.3) is 0 Å².